The highest BCUT2D eigenvalue weighted by molar-refractivity contribution is 6.59. The molecule has 0 aromatic carbocycles. The zero-order valence-electron chi connectivity index (χ0n) is 10.6. The van der Waals surface area contributed by atoms with Gasteiger partial charge in [0.2, 0.25) is 0 Å². The average molecular weight is 233 g/mol. The lowest BCUT2D eigenvalue weighted by molar-refractivity contribution is 0.00578. The summed E-state index contributed by atoms with van der Waals surface area (Å²) in [6.07, 6.45) is 0.915. The minimum absolute atomic E-state index is 0.0638. The molecule has 0 amide bonds. The van der Waals surface area contributed by atoms with E-state index in [4.69, 9.17) is 20.9 Å². The van der Waals surface area contributed by atoms with Gasteiger partial charge in [0.05, 0.1) is 16.5 Å². The second kappa shape index (κ2) is 4.27. The normalized spacial score (nSPS) is 26.0. The number of hydrogen-bond acceptors (Lipinski definition) is 2. The first kappa shape index (κ1) is 13.3. The lowest BCUT2D eigenvalue weighted by atomic mass is 9.80. The Morgan fingerprint density at radius 2 is 1.47 bits per heavy atom. The Labute approximate surface area is 98.8 Å². The van der Waals surface area contributed by atoms with E-state index in [2.05, 4.69) is 13.8 Å². The summed E-state index contributed by atoms with van der Waals surface area (Å²) in [5, 5.41) is -0.0638. The molecular formula is C11H22BClO2. The van der Waals surface area contributed by atoms with E-state index in [1.165, 1.54) is 0 Å². The molecule has 0 N–H and O–H groups in total. The zero-order chi connectivity index (χ0) is 11.9. The lowest BCUT2D eigenvalue weighted by Gasteiger charge is -2.32. The van der Waals surface area contributed by atoms with E-state index in [1.54, 1.807) is 0 Å². The molecule has 1 heterocycles. The summed E-state index contributed by atoms with van der Waals surface area (Å²) in [7, 11) is -0.279. The van der Waals surface area contributed by atoms with Crippen LogP contribution in [-0.4, -0.2) is 23.6 Å². The van der Waals surface area contributed by atoms with Crippen LogP contribution in [0.2, 0.25) is 0 Å². The highest BCUT2D eigenvalue weighted by Crippen LogP contribution is 2.39. The standard InChI is InChI=1S/C11H22BClO2/c1-8(2)7-9(13)12-14-10(3,4)11(5,6)15-12/h8-9H,7H2,1-6H3/t9-/m1/s1. The number of alkyl halides is 1. The average Bonchev–Trinajstić information content (AvgIpc) is 2.20. The maximum Gasteiger partial charge on any atom is 0.476 e. The molecule has 0 saturated carbocycles. The molecule has 0 aliphatic carbocycles. The molecule has 0 spiro atoms. The largest absolute Gasteiger partial charge is 0.476 e. The lowest BCUT2D eigenvalue weighted by Crippen LogP contribution is -2.41. The van der Waals surface area contributed by atoms with Crippen molar-refractivity contribution in [3.05, 3.63) is 0 Å². The van der Waals surface area contributed by atoms with Gasteiger partial charge in [0.25, 0.3) is 0 Å². The molecule has 1 rings (SSSR count). The van der Waals surface area contributed by atoms with Crippen molar-refractivity contribution in [3.63, 3.8) is 0 Å². The molecular weight excluding hydrogens is 210 g/mol. The van der Waals surface area contributed by atoms with Gasteiger partial charge in [-0.3, -0.25) is 0 Å². The van der Waals surface area contributed by atoms with Crippen LogP contribution < -0.4 is 0 Å². The predicted molar refractivity (Wildman–Crippen MR) is 65.2 cm³/mol. The zero-order valence-corrected chi connectivity index (χ0v) is 11.4. The van der Waals surface area contributed by atoms with Crippen molar-refractivity contribution in [1.82, 2.24) is 0 Å². The first-order valence-electron chi connectivity index (χ1n) is 5.65. The smallest absolute Gasteiger partial charge is 0.402 e. The van der Waals surface area contributed by atoms with Gasteiger partial charge in [0.15, 0.2) is 0 Å². The number of rotatable bonds is 3. The molecule has 0 unspecified atom stereocenters. The fraction of sp³-hybridized carbons (Fsp3) is 1.00. The van der Waals surface area contributed by atoms with Crippen LogP contribution in [0.3, 0.4) is 0 Å². The molecule has 88 valence electrons. The molecule has 4 heteroatoms. The fourth-order valence-electron chi connectivity index (χ4n) is 1.60. The van der Waals surface area contributed by atoms with Gasteiger partial charge in [0.1, 0.15) is 0 Å². The van der Waals surface area contributed by atoms with Gasteiger partial charge < -0.3 is 9.31 Å². The minimum atomic E-state index is -0.279. The summed E-state index contributed by atoms with van der Waals surface area (Å²) in [4.78, 5) is 0. The van der Waals surface area contributed by atoms with Gasteiger partial charge in [0, 0.05) is 0 Å². The molecule has 1 atom stereocenters. The van der Waals surface area contributed by atoms with E-state index in [9.17, 15) is 0 Å². The van der Waals surface area contributed by atoms with Crippen LogP contribution >= 0.6 is 11.6 Å². The van der Waals surface area contributed by atoms with Crippen LogP contribution in [0.4, 0.5) is 0 Å². The van der Waals surface area contributed by atoms with Gasteiger partial charge in [-0.15, -0.1) is 11.6 Å². The summed E-state index contributed by atoms with van der Waals surface area (Å²) in [6, 6.07) is 0. The third-order valence-corrected chi connectivity index (χ3v) is 3.65. The summed E-state index contributed by atoms with van der Waals surface area (Å²) in [5.74, 6) is 0.562. The van der Waals surface area contributed by atoms with Crippen molar-refractivity contribution in [1.29, 1.82) is 0 Å². The molecule has 1 aliphatic heterocycles. The van der Waals surface area contributed by atoms with Crippen molar-refractivity contribution in [2.45, 2.75) is 64.4 Å². The van der Waals surface area contributed by atoms with Crippen molar-refractivity contribution in [2.75, 3.05) is 0 Å². The Kier molecular flexibility index (Phi) is 3.80. The van der Waals surface area contributed by atoms with Gasteiger partial charge in [-0.25, -0.2) is 0 Å². The third kappa shape index (κ3) is 2.89. The first-order chi connectivity index (χ1) is 6.66. The van der Waals surface area contributed by atoms with Crippen molar-refractivity contribution in [3.8, 4) is 0 Å². The summed E-state index contributed by atoms with van der Waals surface area (Å²) in [6.45, 7) is 12.5. The number of halogens is 1. The topological polar surface area (TPSA) is 18.5 Å². The van der Waals surface area contributed by atoms with Crippen LogP contribution in [0.25, 0.3) is 0 Å². The van der Waals surface area contributed by atoms with Gasteiger partial charge in [-0.2, -0.15) is 0 Å². The first-order valence-corrected chi connectivity index (χ1v) is 6.09. The van der Waals surface area contributed by atoms with E-state index in [0.29, 0.717) is 5.92 Å². The highest BCUT2D eigenvalue weighted by atomic mass is 35.5. The van der Waals surface area contributed by atoms with Gasteiger partial charge in [-0.05, 0) is 40.0 Å². The van der Waals surface area contributed by atoms with Crippen molar-refractivity contribution < 1.29 is 9.31 Å². The Balaban J connectivity index is 2.62. The monoisotopic (exact) mass is 232 g/mol. The molecule has 1 fully saturated rings. The quantitative estimate of drug-likeness (QED) is 0.549. The van der Waals surface area contributed by atoms with Crippen LogP contribution in [0.15, 0.2) is 0 Å². The summed E-state index contributed by atoms with van der Waals surface area (Å²) < 4.78 is 11.7. The van der Waals surface area contributed by atoms with Crippen LogP contribution in [-0.2, 0) is 9.31 Å². The molecule has 1 saturated heterocycles. The number of hydrogen-bond donors (Lipinski definition) is 0. The maximum atomic E-state index is 6.29. The molecule has 0 radical (unpaired) electrons. The Morgan fingerprint density at radius 1 is 1.07 bits per heavy atom. The SMILES string of the molecule is CC(C)C[C@@H](Cl)B1OC(C)(C)C(C)(C)O1. The van der Waals surface area contributed by atoms with Crippen LogP contribution in [0.5, 0.6) is 0 Å². The highest BCUT2D eigenvalue weighted by Gasteiger charge is 2.53. The van der Waals surface area contributed by atoms with Crippen LogP contribution in [0.1, 0.15) is 48.0 Å². The van der Waals surface area contributed by atoms with E-state index < -0.39 is 0 Å². The maximum absolute atomic E-state index is 6.29. The van der Waals surface area contributed by atoms with Crippen LogP contribution in [0, 0.1) is 5.92 Å². The van der Waals surface area contributed by atoms with E-state index >= 15 is 0 Å². The van der Waals surface area contributed by atoms with Gasteiger partial charge >= 0.3 is 7.12 Å². The second-order valence-corrected chi connectivity index (χ2v) is 6.33. The Bertz CT molecular complexity index is 213. The molecule has 0 aromatic heterocycles. The Morgan fingerprint density at radius 3 is 1.80 bits per heavy atom. The molecule has 0 bridgehead atoms. The molecule has 15 heavy (non-hydrogen) atoms. The minimum Gasteiger partial charge on any atom is -0.402 e. The predicted octanol–water partition coefficient (Wildman–Crippen LogP) is 3.27. The molecule has 1 aliphatic rings. The van der Waals surface area contributed by atoms with Gasteiger partial charge in [-0.1, -0.05) is 13.8 Å². The summed E-state index contributed by atoms with van der Waals surface area (Å²) in [5.41, 5.74) is -0.552. The summed E-state index contributed by atoms with van der Waals surface area (Å²) >= 11 is 6.29. The second-order valence-electron chi connectivity index (χ2n) is 5.77. The molecule has 2 nitrogen and oxygen atoms in total. The van der Waals surface area contributed by atoms with Crippen molar-refractivity contribution >= 4 is 18.7 Å². The van der Waals surface area contributed by atoms with E-state index in [-0.39, 0.29) is 23.6 Å². The van der Waals surface area contributed by atoms with E-state index in [1.807, 2.05) is 27.7 Å². The third-order valence-electron chi connectivity index (χ3n) is 3.26. The molecule has 0 aromatic rings. The fourth-order valence-corrected chi connectivity index (χ4v) is 2.06. The Hall–Kier alpha value is 0.275. The van der Waals surface area contributed by atoms with Crippen molar-refractivity contribution in [2.24, 2.45) is 5.92 Å². The van der Waals surface area contributed by atoms with E-state index in [0.717, 1.165) is 6.42 Å².